The summed E-state index contributed by atoms with van der Waals surface area (Å²) in [6, 6.07) is 7.64. The lowest BCUT2D eigenvalue weighted by Crippen LogP contribution is -2.64. The van der Waals surface area contributed by atoms with Gasteiger partial charge in [-0.05, 0) is 38.7 Å². The van der Waals surface area contributed by atoms with E-state index in [1.54, 1.807) is 23.5 Å². The number of amides is 3. The van der Waals surface area contributed by atoms with Crippen molar-refractivity contribution < 1.29 is 19.1 Å². The van der Waals surface area contributed by atoms with Crippen LogP contribution in [-0.2, 0) is 17.9 Å². The summed E-state index contributed by atoms with van der Waals surface area (Å²) in [4.78, 5) is 46.1. The maximum atomic E-state index is 13.7. The van der Waals surface area contributed by atoms with Crippen molar-refractivity contribution in [1.82, 2.24) is 25.1 Å². The van der Waals surface area contributed by atoms with Crippen LogP contribution in [0.3, 0.4) is 0 Å². The summed E-state index contributed by atoms with van der Waals surface area (Å²) in [5.74, 6) is -0.164. The first-order valence-corrected chi connectivity index (χ1v) is 12.0. The number of hydrogen-bond acceptors (Lipinski definition) is 5. The molecular formula is C25H31N5O4. The zero-order valence-electron chi connectivity index (χ0n) is 19.7. The third kappa shape index (κ3) is 3.93. The van der Waals surface area contributed by atoms with Gasteiger partial charge in [0.25, 0.3) is 11.8 Å². The number of fused-ring (bicyclic) bond motifs is 1. The Morgan fingerprint density at radius 1 is 1.18 bits per heavy atom. The molecule has 9 nitrogen and oxygen atoms in total. The predicted molar refractivity (Wildman–Crippen MR) is 124 cm³/mol. The molecule has 34 heavy (non-hydrogen) atoms. The molecule has 5 rings (SSSR count). The molecule has 2 N–H and O–H groups in total. The molecule has 0 bridgehead atoms. The van der Waals surface area contributed by atoms with Crippen LogP contribution in [0, 0.1) is 0 Å². The number of methoxy groups -OCH3 is 1. The summed E-state index contributed by atoms with van der Waals surface area (Å²) in [6.45, 7) is 2.32. The van der Waals surface area contributed by atoms with E-state index in [0.717, 1.165) is 44.1 Å². The molecule has 3 amide bonds. The smallest absolute Gasteiger partial charge is 0.274 e. The molecule has 2 fully saturated rings. The van der Waals surface area contributed by atoms with Gasteiger partial charge in [-0.2, -0.15) is 0 Å². The molecule has 2 aliphatic carbocycles. The van der Waals surface area contributed by atoms with Crippen LogP contribution in [0.4, 0.5) is 0 Å². The summed E-state index contributed by atoms with van der Waals surface area (Å²) in [6.07, 6.45) is 7.30. The molecule has 1 atom stereocenters. The summed E-state index contributed by atoms with van der Waals surface area (Å²) >= 11 is 0. The second-order valence-electron chi connectivity index (χ2n) is 9.70. The highest BCUT2D eigenvalue weighted by Crippen LogP contribution is 2.39. The van der Waals surface area contributed by atoms with Gasteiger partial charge in [0.15, 0.2) is 5.69 Å². The Kier molecular flexibility index (Phi) is 5.79. The van der Waals surface area contributed by atoms with Crippen LogP contribution in [0.15, 0.2) is 30.6 Å². The van der Waals surface area contributed by atoms with Crippen LogP contribution in [0.5, 0.6) is 5.75 Å². The van der Waals surface area contributed by atoms with E-state index in [1.165, 1.54) is 6.33 Å². The number of hydrogen-bond donors (Lipinski definition) is 2. The Morgan fingerprint density at radius 3 is 2.62 bits per heavy atom. The van der Waals surface area contributed by atoms with Crippen molar-refractivity contribution in [2.24, 2.45) is 0 Å². The summed E-state index contributed by atoms with van der Waals surface area (Å²) < 4.78 is 7.05. The molecule has 0 saturated heterocycles. The lowest BCUT2D eigenvalue weighted by atomic mass is 9.93. The molecule has 1 aromatic heterocycles. The Balaban J connectivity index is 1.39. The number of nitrogens with zero attached hydrogens (tertiary/aromatic N) is 3. The number of aromatic nitrogens is 2. The highest BCUT2D eigenvalue weighted by molar-refractivity contribution is 6.07. The average molecular weight is 466 g/mol. The Hall–Kier alpha value is -3.36. The number of imidazole rings is 1. The minimum absolute atomic E-state index is 0.0103. The maximum absolute atomic E-state index is 13.7. The van der Waals surface area contributed by atoms with Gasteiger partial charge in [-0.1, -0.05) is 31.0 Å². The van der Waals surface area contributed by atoms with Crippen LogP contribution >= 0.6 is 0 Å². The molecule has 180 valence electrons. The van der Waals surface area contributed by atoms with Gasteiger partial charge in [0, 0.05) is 24.2 Å². The van der Waals surface area contributed by atoms with E-state index in [-0.39, 0.29) is 54.3 Å². The molecule has 3 aliphatic rings. The third-order valence-corrected chi connectivity index (χ3v) is 7.21. The number of ether oxygens (including phenoxy) is 1. The second kappa shape index (κ2) is 8.77. The molecule has 0 radical (unpaired) electrons. The van der Waals surface area contributed by atoms with Gasteiger partial charge in [0.2, 0.25) is 5.91 Å². The summed E-state index contributed by atoms with van der Waals surface area (Å²) in [5.41, 5.74) is 0.195. The van der Waals surface area contributed by atoms with E-state index in [4.69, 9.17) is 4.74 Å². The molecule has 2 saturated carbocycles. The van der Waals surface area contributed by atoms with E-state index in [0.29, 0.717) is 5.75 Å². The SMILES string of the molecule is COc1ccccc1CNC(=O)[C@@]1(C)Cn2cnc(C(=O)NC3CCCC3)c2C(=O)N1C1CC1. The standard InChI is InChI=1S/C25H31N5O4/c1-25(24(33)26-13-16-7-3-6-10-19(16)34-2)14-29-15-27-20(22(31)28-17-8-4-5-9-17)21(29)23(32)30(25)18-11-12-18/h3,6-7,10,15,17-18H,4-5,8-9,11-14H2,1-2H3,(H,26,33)(H,28,31)/t25-/m1/s1. The van der Waals surface area contributed by atoms with Crippen LogP contribution in [0.1, 0.15) is 72.0 Å². The van der Waals surface area contributed by atoms with Crippen molar-refractivity contribution in [2.75, 3.05) is 7.11 Å². The number of carbonyl (C=O) groups is 3. The van der Waals surface area contributed by atoms with Gasteiger partial charge in [-0.3, -0.25) is 14.4 Å². The quantitative estimate of drug-likeness (QED) is 0.653. The Bertz CT molecular complexity index is 1120. The van der Waals surface area contributed by atoms with Gasteiger partial charge < -0.3 is 24.8 Å². The minimum Gasteiger partial charge on any atom is -0.496 e. The molecule has 9 heteroatoms. The van der Waals surface area contributed by atoms with Gasteiger partial charge in [-0.25, -0.2) is 4.98 Å². The number of para-hydroxylation sites is 1. The number of benzene rings is 1. The van der Waals surface area contributed by atoms with Crippen molar-refractivity contribution in [2.45, 2.75) is 76.2 Å². The summed E-state index contributed by atoms with van der Waals surface area (Å²) in [5, 5.41) is 6.03. The normalized spacial score (nSPS) is 22.4. The topological polar surface area (TPSA) is 106 Å². The van der Waals surface area contributed by atoms with Crippen LogP contribution in [0.2, 0.25) is 0 Å². The number of nitrogens with one attached hydrogen (secondary N) is 2. The van der Waals surface area contributed by atoms with Gasteiger partial charge in [0.1, 0.15) is 17.0 Å². The highest BCUT2D eigenvalue weighted by atomic mass is 16.5. The first-order chi connectivity index (χ1) is 16.4. The van der Waals surface area contributed by atoms with E-state index < -0.39 is 5.54 Å². The van der Waals surface area contributed by atoms with Crippen molar-refractivity contribution in [3.05, 3.63) is 47.5 Å². The zero-order chi connectivity index (χ0) is 23.9. The molecule has 2 heterocycles. The zero-order valence-corrected chi connectivity index (χ0v) is 19.7. The third-order valence-electron chi connectivity index (χ3n) is 7.21. The number of carbonyl (C=O) groups excluding carboxylic acids is 3. The van der Waals surface area contributed by atoms with Crippen molar-refractivity contribution >= 4 is 17.7 Å². The summed E-state index contributed by atoms with van der Waals surface area (Å²) in [7, 11) is 1.59. The van der Waals surface area contributed by atoms with Crippen molar-refractivity contribution in [3.63, 3.8) is 0 Å². The second-order valence-corrected chi connectivity index (χ2v) is 9.70. The first kappa shape index (κ1) is 22.4. The van der Waals surface area contributed by atoms with Gasteiger partial charge in [0.05, 0.1) is 20.0 Å². The van der Waals surface area contributed by atoms with Crippen molar-refractivity contribution in [3.8, 4) is 5.75 Å². The van der Waals surface area contributed by atoms with E-state index in [1.807, 2.05) is 24.3 Å². The van der Waals surface area contributed by atoms with Crippen LogP contribution in [-0.4, -0.2) is 56.9 Å². The lowest BCUT2D eigenvalue weighted by Gasteiger charge is -2.44. The predicted octanol–water partition coefficient (Wildman–Crippen LogP) is 2.26. The van der Waals surface area contributed by atoms with Crippen LogP contribution < -0.4 is 15.4 Å². The van der Waals surface area contributed by atoms with E-state index in [9.17, 15) is 14.4 Å². The van der Waals surface area contributed by atoms with E-state index in [2.05, 4.69) is 15.6 Å². The van der Waals surface area contributed by atoms with Gasteiger partial charge in [-0.15, -0.1) is 0 Å². The average Bonchev–Trinajstić information content (AvgIpc) is 3.34. The molecule has 0 spiro atoms. The monoisotopic (exact) mass is 465 g/mol. The molecular weight excluding hydrogens is 434 g/mol. The Labute approximate surface area is 198 Å². The molecule has 1 aliphatic heterocycles. The highest BCUT2D eigenvalue weighted by Gasteiger charge is 2.53. The fraction of sp³-hybridized carbons (Fsp3) is 0.520. The van der Waals surface area contributed by atoms with E-state index >= 15 is 0 Å². The minimum atomic E-state index is -1.09. The maximum Gasteiger partial charge on any atom is 0.274 e. The lowest BCUT2D eigenvalue weighted by molar-refractivity contribution is -0.133. The van der Waals surface area contributed by atoms with Crippen molar-refractivity contribution in [1.29, 1.82) is 0 Å². The Morgan fingerprint density at radius 2 is 1.91 bits per heavy atom. The largest absolute Gasteiger partial charge is 0.496 e. The fourth-order valence-electron chi connectivity index (χ4n) is 5.26. The molecule has 2 aromatic rings. The molecule has 0 unspecified atom stereocenters. The first-order valence-electron chi connectivity index (χ1n) is 12.0. The molecule has 1 aromatic carbocycles. The van der Waals surface area contributed by atoms with Crippen LogP contribution in [0.25, 0.3) is 0 Å². The van der Waals surface area contributed by atoms with Gasteiger partial charge >= 0.3 is 0 Å². The number of rotatable bonds is 7. The fourth-order valence-corrected chi connectivity index (χ4v) is 5.26.